The zero-order valence-corrected chi connectivity index (χ0v) is 9.25. The van der Waals surface area contributed by atoms with E-state index in [-0.39, 0.29) is 0 Å². The van der Waals surface area contributed by atoms with Gasteiger partial charge in [-0.3, -0.25) is 5.41 Å². The number of hydrogen-bond acceptors (Lipinski definition) is 3. The lowest BCUT2D eigenvalue weighted by molar-refractivity contribution is 0.384. The van der Waals surface area contributed by atoms with Crippen molar-refractivity contribution < 1.29 is 9.47 Å². The van der Waals surface area contributed by atoms with Gasteiger partial charge < -0.3 is 9.47 Å². The summed E-state index contributed by atoms with van der Waals surface area (Å²) >= 11 is 0. The summed E-state index contributed by atoms with van der Waals surface area (Å²) in [7, 11) is 3.20. The van der Waals surface area contributed by atoms with Gasteiger partial charge in [0.2, 0.25) is 0 Å². The van der Waals surface area contributed by atoms with Crippen LogP contribution < -0.4 is 4.74 Å². The first kappa shape index (κ1) is 11.6. The molecule has 3 nitrogen and oxygen atoms in total. The quantitative estimate of drug-likeness (QED) is 0.595. The molecule has 0 aliphatic carbocycles. The first-order valence-electron chi connectivity index (χ1n) is 5.00. The smallest absolute Gasteiger partial charge is 0.180 e. The van der Waals surface area contributed by atoms with Crippen molar-refractivity contribution in [2.24, 2.45) is 0 Å². The van der Waals surface area contributed by atoms with Crippen molar-refractivity contribution in [1.29, 1.82) is 5.41 Å². The molecule has 1 rings (SSSR count). The highest BCUT2D eigenvalue weighted by atomic mass is 16.5. The Labute approximate surface area is 90.5 Å². The predicted molar refractivity (Wildman–Crippen MR) is 60.7 cm³/mol. The maximum Gasteiger partial charge on any atom is 0.180 e. The van der Waals surface area contributed by atoms with Crippen LogP contribution >= 0.6 is 0 Å². The number of methoxy groups -OCH3 is 2. The molecule has 0 bridgehead atoms. The zero-order valence-electron chi connectivity index (χ0n) is 9.25. The summed E-state index contributed by atoms with van der Waals surface area (Å²) in [5.41, 5.74) is 1.23. The molecule has 0 unspecified atom stereocenters. The maximum absolute atomic E-state index is 7.33. The molecule has 15 heavy (non-hydrogen) atoms. The van der Waals surface area contributed by atoms with Gasteiger partial charge in [-0.05, 0) is 30.5 Å². The number of aryl methyl sites for hydroxylation is 1. The van der Waals surface area contributed by atoms with E-state index < -0.39 is 0 Å². The lowest BCUT2D eigenvalue weighted by Crippen LogP contribution is -1.99. The van der Waals surface area contributed by atoms with Gasteiger partial charge in [-0.1, -0.05) is 12.1 Å². The van der Waals surface area contributed by atoms with E-state index in [4.69, 9.17) is 14.9 Å². The van der Waals surface area contributed by atoms with Gasteiger partial charge in [0.25, 0.3) is 0 Å². The van der Waals surface area contributed by atoms with Crippen LogP contribution in [0, 0.1) is 5.41 Å². The first-order valence-corrected chi connectivity index (χ1v) is 5.00. The van der Waals surface area contributed by atoms with E-state index in [1.807, 2.05) is 18.2 Å². The third kappa shape index (κ3) is 4.02. The summed E-state index contributed by atoms with van der Waals surface area (Å²) < 4.78 is 9.93. The highest BCUT2D eigenvalue weighted by Crippen LogP contribution is 2.14. The van der Waals surface area contributed by atoms with Crippen LogP contribution in [0.5, 0.6) is 5.75 Å². The fraction of sp³-hybridized carbons (Fsp3) is 0.417. The Morgan fingerprint density at radius 1 is 1.33 bits per heavy atom. The molecule has 0 amide bonds. The average molecular weight is 207 g/mol. The summed E-state index contributed by atoms with van der Waals surface area (Å²) in [5.74, 6) is 1.23. The highest BCUT2D eigenvalue weighted by Gasteiger charge is 1.98. The van der Waals surface area contributed by atoms with Crippen molar-refractivity contribution in [1.82, 2.24) is 0 Å². The number of rotatable bonds is 5. The van der Waals surface area contributed by atoms with Crippen molar-refractivity contribution in [2.75, 3.05) is 14.2 Å². The minimum Gasteiger partial charge on any atom is -0.497 e. The van der Waals surface area contributed by atoms with Crippen molar-refractivity contribution >= 4 is 5.90 Å². The molecule has 0 fully saturated rings. The van der Waals surface area contributed by atoms with Crippen LogP contribution in [0.1, 0.15) is 18.4 Å². The average Bonchev–Trinajstić information content (AvgIpc) is 2.29. The van der Waals surface area contributed by atoms with E-state index in [1.165, 1.54) is 12.7 Å². The minimum atomic E-state index is 0.345. The van der Waals surface area contributed by atoms with Gasteiger partial charge in [-0.25, -0.2) is 0 Å². The molecule has 0 spiro atoms. The topological polar surface area (TPSA) is 42.3 Å². The van der Waals surface area contributed by atoms with E-state index >= 15 is 0 Å². The van der Waals surface area contributed by atoms with Crippen LogP contribution in [0.3, 0.4) is 0 Å². The molecule has 0 saturated heterocycles. The molecule has 1 aromatic carbocycles. The lowest BCUT2D eigenvalue weighted by Gasteiger charge is -2.04. The summed E-state index contributed by atoms with van der Waals surface area (Å²) in [4.78, 5) is 0. The van der Waals surface area contributed by atoms with Crippen molar-refractivity contribution in [3.63, 3.8) is 0 Å². The molecule has 82 valence electrons. The largest absolute Gasteiger partial charge is 0.497 e. The Balaban J connectivity index is 2.40. The van der Waals surface area contributed by atoms with Crippen LogP contribution in [0.2, 0.25) is 0 Å². The molecule has 0 radical (unpaired) electrons. The van der Waals surface area contributed by atoms with Crippen LogP contribution in [0.15, 0.2) is 24.3 Å². The monoisotopic (exact) mass is 207 g/mol. The Hall–Kier alpha value is -1.51. The van der Waals surface area contributed by atoms with Crippen LogP contribution in [0.25, 0.3) is 0 Å². The van der Waals surface area contributed by atoms with Gasteiger partial charge in [0.05, 0.1) is 14.2 Å². The third-order valence-corrected chi connectivity index (χ3v) is 2.25. The van der Waals surface area contributed by atoms with E-state index in [0.29, 0.717) is 12.3 Å². The molecule has 1 N–H and O–H groups in total. The minimum absolute atomic E-state index is 0.345. The number of nitrogens with one attached hydrogen (secondary N) is 1. The van der Waals surface area contributed by atoms with Crippen molar-refractivity contribution in [3.05, 3.63) is 29.8 Å². The molecular weight excluding hydrogens is 190 g/mol. The molecule has 0 atom stereocenters. The molecule has 0 heterocycles. The molecule has 0 aromatic heterocycles. The van der Waals surface area contributed by atoms with E-state index in [0.717, 1.165) is 18.6 Å². The molecule has 3 heteroatoms. The molecule has 0 saturated carbocycles. The lowest BCUT2D eigenvalue weighted by atomic mass is 10.1. The molecular formula is C12H17NO2. The summed E-state index contributed by atoms with van der Waals surface area (Å²) in [5, 5.41) is 7.33. The summed E-state index contributed by atoms with van der Waals surface area (Å²) in [6.45, 7) is 0. The Morgan fingerprint density at radius 2 is 2.13 bits per heavy atom. The first-order chi connectivity index (χ1) is 7.26. The second-order valence-electron chi connectivity index (χ2n) is 3.33. The van der Waals surface area contributed by atoms with Gasteiger partial charge in [0.15, 0.2) is 5.90 Å². The van der Waals surface area contributed by atoms with Gasteiger partial charge >= 0.3 is 0 Å². The standard InChI is InChI=1S/C12H17NO2/c1-14-11-7-3-5-10(9-11)6-4-8-12(13)15-2/h3,5,7,9,13H,4,6,8H2,1-2H3. The second-order valence-corrected chi connectivity index (χ2v) is 3.33. The van der Waals surface area contributed by atoms with Crippen molar-refractivity contribution in [2.45, 2.75) is 19.3 Å². The predicted octanol–water partition coefficient (Wildman–Crippen LogP) is 2.64. The fourth-order valence-electron chi connectivity index (χ4n) is 1.38. The third-order valence-electron chi connectivity index (χ3n) is 2.25. The Morgan fingerprint density at radius 3 is 2.80 bits per heavy atom. The summed E-state index contributed by atoms with van der Waals surface area (Å²) in [6.07, 6.45) is 2.57. The van der Waals surface area contributed by atoms with E-state index in [1.54, 1.807) is 7.11 Å². The second kappa shape index (κ2) is 6.06. The van der Waals surface area contributed by atoms with E-state index in [9.17, 15) is 0 Å². The van der Waals surface area contributed by atoms with Gasteiger partial charge in [-0.2, -0.15) is 0 Å². The highest BCUT2D eigenvalue weighted by molar-refractivity contribution is 5.72. The van der Waals surface area contributed by atoms with Crippen LogP contribution in [-0.2, 0) is 11.2 Å². The van der Waals surface area contributed by atoms with Gasteiger partial charge in [0.1, 0.15) is 5.75 Å². The number of ether oxygens (including phenoxy) is 2. The number of hydrogen-bond donors (Lipinski definition) is 1. The Bertz CT molecular complexity index is 323. The molecule has 0 aliphatic heterocycles. The Kier molecular flexibility index (Phi) is 4.68. The van der Waals surface area contributed by atoms with Crippen LogP contribution in [0.4, 0.5) is 0 Å². The zero-order chi connectivity index (χ0) is 11.1. The van der Waals surface area contributed by atoms with Gasteiger partial charge in [-0.15, -0.1) is 0 Å². The normalized spacial score (nSPS) is 9.73. The SMILES string of the molecule is COC(=N)CCCc1cccc(OC)c1. The summed E-state index contributed by atoms with van der Waals surface area (Å²) in [6, 6.07) is 8.01. The molecule has 0 aliphatic rings. The van der Waals surface area contributed by atoms with Crippen molar-refractivity contribution in [3.8, 4) is 5.75 Å². The van der Waals surface area contributed by atoms with Gasteiger partial charge in [0, 0.05) is 6.42 Å². The molecule has 1 aromatic rings. The fourth-order valence-corrected chi connectivity index (χ4v) is 1.38. The van der Waals surface area contributed by atoms with E-state index in [2.05, 4.69) is 6.07 Å². The maximum atomic E-state index is 7.33. The van der Waals surface area contributed by atoms with Crippen LogP contribution in [-0.4, -0.2) is 20.1 Å². The number of benzene rings is 1.